The molecule has 0 fully saturated rings. The van der Waals surface area contributed by atoms with Crippen LogP contribution in [0.15, 0.2) is 30.3 Å². The maximum atomic E-state index is 10.5. The molecule has 0 aliphatic heterocycles. The molecular formula is C12H18NO2+. The lowest BCUT2D eigenvalue weighted by Crippen LogP contribution is -2.40. The van der Waals surface area contributed by atoms with Gasteiger partial charge in [0.25, 0.3) is 0 Å². The fraction of sp³-hybridized carbons (Fsp3) is 0.417. The lowest BCUT2D eigenvalue weighted by Gasteiger charge is -2.29. The van der Waals surface area contributed by atoms with Crippen LogP contribution in [0.5, 0.6) is 0 Å². The zero-order valence-electron chi connectivity index (χ0n) is 9.31. The standard InChI is InChI=1S/C12H17NO2/c1-13(2,9-8-12(14)15)10-11-6-4-3-5-7-11/h3-7H,8-10H2,1-2H3/p+1. The number of carboxylic acid groups (broad SMARTS) is 1. The van der Waals surface area contributed by atoms with Crippen LogP contribution in [0.4, 0.5) is 0 Å². The lowest BCUT2D eigenvalue weighted by atomic mass is 10.2. The van der Waals surface area contributed by atoms with Gasteiger partial charge in [-0.15, -0.1) is 0 Å². The van der Waals surface area contributed by atoms with E-state index in [1.54, 1.807) is 0 Å². The second-order valence-electron chi connectivity index (χ2n) is 4.45. The maximum absolute atomic E-state index is 10.5. The fourth-order valence-corrected chi connectivity index (χ4v) is 1.56. The van der Waals surface area contributed by atoms with E-state index in [9.17, 15) is 4.79 Å². The van der Waals surface area contributed by atoms with Gasteiger partial charge in [-0.3, -0.25) is 4.79 Å². The third-order valence-electron chi connectivity index (χ3n) is 2.38. The molecule has 0 bridgehead atoms. The number of rotatable bonds is 5. The van der Waals surface area contributed by atoms with E-state index in [0.717, 1.165) is 6.54 Å². The van der Waals surface area contributed by atoms with E-state index in [1.807, 2.05) is 18.2 Å². The number of benzene rings is 1. The van der Waals surface area contributed by atoms with Crippen molar-refractivity contribution in [2.45, 2.75) is 13.0 Å². The summed E-state index contributed by atoms with van der Waals surface area (Å²) in [6.07, 6.45) is 0.222. The Labute approximate surface area is 90.5 Å². The average Bonchev–Trinajstić information content (AvgIpc) is 2.16. The molecule has 3 heteroatoms. The van der Waals surface area contributed by atoms with Gasteiger partial charge in [-0.2, -0.15) is 0 Å². The molecule has 0 unspecified atom stereocenters. The topological polar surface area (TPSA) is 37.3 Å². The van der Waals surface area contributed by atoms with Crippen molar-refractivity contribution >= 4 is 5.97 Å². The molecule has 1 rings (SSSR count). The summed E-state index contributed by atoms with van der Waals surface area (Å²) >= 11 is 0. The van der Waals surface area contributed by atoms with Crippen molar-refractivity contribution in [3.8, 4) is 0 Å². The van der Waals surface area contributed by atoms with E-state index in [1.165, 1.54) is 5.56 Å². The number of aliphatic carboxylic acids is 1. The largest absolute Gasteiger partial charge is 0.481 e. The molecule has 0 aliphatic carbocycles. The lowest BCUT2D eigenvalue weighted by molar-refractivity contribution is -0.903. The monoisotopic (exact) mass is 208 g/mol. The Bertz CT molecular complexity index is 320. The number of hydrogen-bond acceptors (Lipinski definition) is 1. The average molecular weight is 208 g/mol. The van der Waals surface area contributed by atoms with E-state index >= 15 is 0 Å². The van der Waals surface area contributed by atoms with Crippen molar-refractivity contribution in [1.29, 1.82) is 0 Å². The van der Waals surface area contributed by atoms with Gasteiger partial charge in [0.2, 0.25) is 0 Å². The molecule has 0 radical (unpaired) electrons. The third-order valence-corrected chi connectivity index (χ3v) is 2.38. The molecule has 82 valence electrons. The van der Waals surface area contributed by atoms with E-state index in [0.29, 0.717) is 11.0 Å². The van der Waals surface area contributed by atoms with Crippen LogP contribution in [-0.2, 0) is 11.3 Å². The molecule has 0 saturated heterocycles. The Morgan fingerprint density at radius 2 is 1.87 bits per heavy atom. The van der Waals surface area contributed by atoms with Gasteiger partial charge >= 0.3 is 5.97 Å². The smallest absolute Gasteiger partial charge is 0.309 e. The van der Waals surface area contributed by atoms with Crippen molar-refractivity contribution in [2.75, 3.05) is 20.6 Å². The summed E-state index contributed by atoms with van der Waals surface area (Å²) in [5.74, 6) is -0.728. The number of nitrogens with zero attached hydrogens (tertiary/aromatic N) is 1. The number of quaternary nitrogens is 1. The molecule has 0 amide bonds. The zero-order chi connectivity index (χ0) is 11.3. The highest BCUT2D eigenvalue weighted by Crippen LogP contribution is 2.09. The van der Waals surface area contributed by atoms with Gasteiger partial charge in [-0.25, -0.2) is 0 Å². The van der Waals surface area contributed by atoms with Crippen molar-refractivity contribution in [3.05, 3.63) is 35.9 Å². The quantitative estimate of drug-likeness (QED) is 0.748. The first kappa shape index (κ1) is 11.7. The minimum absolute atomic E-state index is 0.222. The number of carbonyl (C=O) groups is 1. The van der Waals surface area contributed by atoms with Gasteiger partial charge in [-0.1, -0.05) is 30.3 Å². The molecule has 15 heavy (non-hydrogen) atoms. The summed E-state index contributed by atoms with van der Waals surface area (Å²) in [6, 6.07) is 10.1. The first-order valence-corrected chi connectivity index (χ1v) is 5.07. The van der Waals surface area contributed by atoms with Crippen LogP contribution in [0.25, 0.3) is 0 Å². The van der Waals surface area contributed by atoms with Crippen LogP contribution in [0.1, 0.15) is 12.0 Å². The summed E-state index contributed by atoms with van der Waals surface area (Å²) in [5, 5.41) is 8.63. The Balaban J connectivity index is 2.52. The van der Waals surface area contributed by atoms with Crippen LogP contribution in [0, 0.1) is 0 Å². The van der Waals surface area contributed by atoms with Crippen LogP contribution in [-0.4, -0.2) is 36.2 Å². The summed E-state index contributed by atoms with van der Waals surface area (Å²) < 4.78 is 0.705. The Kier molecular flexibility index (Phi) is 3.86. The summed E-state index contributed by atoms with van der Waals surface area (Å²) in [6.45, 7) is 1.53. The second-order valence-corrected chi connectivity index (χ2v) is 4.45. The molecule has 1 aromatic carbocycles. The molecule has 1 aromatic rings. The molecule has 0 aliphatic rings. The predicted octanol–water partition coefficient (Wildman–Crippen LogP) is 1.74. The molecule has 0 atom stereocenters. The van der Waals surface area contributed by atoms with Crippen molar-refractivity contribution in [2.24, 2.45) is 0 Å². The van der Waals surface area contributed by atoms with Crippen LogP contribution in [0.3, 0.4) is 0 Å². The molecule has 3 nitrogen and oxygen atoms in total. The molecular weight excluding hydrogens is 190 g/mol. The molecule has 0 aromatic heterocycles. The first-order valence-electron chi connectivity index (χ1n) is 5.07. The Morgan fingerprint density at radius 3 is 2.40 bits per heavy atom. The van der Waals surface area contributed by atoms with E-state index < -0.39 is 5.97 Å². The van der Waals surface area contributed by atoms with Gasteiger partial charge in [0.1, 0.15) is 6.54 Å². The molecule has 1 N–H and O–H groups in total. The van der Waals surface area contributed by atoms with Gasteiger partial charge in [0.05, 0.1) is 27.1 Å². The van der Waals surface area contributed by atoms with E-state index in [4.69, 9.17) is 5.11 Å². The minimum Gasteiger partial charge on any atom is -0.481 e. The van der Waals surface area contributed by atoms with Gasteiger partial charge in [0, 0.05) is 5.56 Å². The van der Waals surface area contributed by atoms with Crippen molar-refractivity contribution in [3.63, 3.8) is 0 Å². The Morgan fingerprint density at radius 1 is 1.27 bits per heavy atom. The minimum atomic E-state index is -0.728. The SMILES string of the molecule is C[N+](C)(CCC(=O)O)Cc1ccccc1. The normalized spacial score (nSPS) is 11.3. The maximum Gasteiger partial charge on any atom is 0.309 e. The second kappa shape index (κ2) is 4.94. The van der Waals surface area contributed by atoms with Crippen molar-refractivity contribution in [1.82, 2.24) is 0 Å². The van der Waals surface area contributed by atoms with Crippen molar-refractivity contribution < 1.29 is 14.4 Å². The van der Waals surface area contributed by atoms with Gasteiger partial charge in [0.15, 0.2) is 0 Å². The zero-order valence-corrected chi connectivity index (χ0v) is 9.31. The highest BCUT2D eigenvalue weighted by Gasteiger charge is 2.16. The third kappa shape index (κ3) is 4.61. The molecule has 0 saturated carbocycles. The van der Waals surface area contributed by atoms with Crippen LogP contribution in [0.2, 0.25) is 0 Å². The van der Waals surface area contributed by atoms with Gasteiger partial charge < -0.3 is 9.59 Å². The summed E-state index contributed by atoms with van der Waals surface area (Å²) in [4.78, 5) is 10.5. The highest BCUT2D eigenvalue weighted by molar-refractivity contribution is 5.66. The molecule has 0 heterocycles. The Hall–Kier alpha value is -1.35. The predicted molar refractivity (Wildman–Crippen MR) is 59.4 cm³/mol. The van der Waals surface area contributed by atoms with Crippen LogP contribution < -0.4 is 0 Å². The van der Waals surface area contributed by atoms with E-state index in [2.05, 4.69) is 26.2 Å². The summed E-state index contributed by atoms with van der Waals surface area (Å²) in [5.41, 5.74) is 1.24. The van der Waals surface area contributed by atoms with E-state index in [-0.39, 0.29) is 6.42 Å². The number of hydrogen-bond donors (Lipinski definition) is 1. The van der Waals surface area contributed by atoms with Crippen LogP contribution >= 0.6 is 0 Å². The number of carboxylic acids is 1. The molecule has 0 spiro atoms. The van der Waals surface area contributed by atoms with Gasteiger partial charge in [-0.05, 0) is 0 Å². The first-order chi connectivity index (χ1) is 6.99. The summed E-state index contributed by atoms with van der Waals surface area (Å²) in [7, 11) is 4.10. The highest BCUT2D eigenvalue weighted by atomic mass is 16.4. The fourth-order valence-electron chi connectivity index (χ4n) is 1.56.